The van der Waals surface area contributed by atoms with Crippen LogP contribution < -0.4 is 5.32 Å². The van der Waals surface area contributed by atoms with Crippen LogP contribution in [0.1, 0.15) is 5.56 Å². The van der Waals surface area contributed by atoms with Crippen LogP contribution in [0, 0.1) is 0 Å². The number of halogens is 3. The monoisotopic (exact) mass is 444 g/mol. The number of hydrogen-bond acceptors (Lipinski definition) is 2. The number of carbonyl (C=O) groups is 1. The molecule has 0 spiro atoms. The zero-order chi connectivity index (χ0) is 16.1. The number of benzene rings is 2. The summed E-state index contributed by atoms with van der Waals surface area (Å²) in [6, 6.07) is 13.4. The molecule has 0 saturated heterocycles. The quantitative estimate of drug-likeness (QED) is 0.706. The molecule has 2 rings (SSSR count). The fourth-order valence-electron chi connectivity index (χ4n) is 1.98. The molecule has 1 N–H and O–H groups in total. The van der Waals surface area contributed by atoms with E-state index in [0.717, 1.165) is 14.5 Å². The maximum Gasteiger partial charge on any atom is 0.238 e. The highest BCUT2D eigenvalue weighted by molar-refractivity contribution is 9.10. The van der Waals surface area contributed by atoms with Gasteiger partial charge in [-0.1, -0.05) is 55.6 Å². The first-order chi connectivity index (χ1) is 10.4. The Bertz CT molecular complexity index is 662. The highest BCUT2D eigenvalue weighted by Crippen LogP contribution is 2.25. The average molecular weight is 447 g/mol. The van der Waals surface area contributed by atoms with Gasteiger partial charge in [0.05, 0.1) is 17.3 Å². The Morgan fingerprint density at radius 3 is 2.41 bits per heavy atom. The van der Waals surface area contributed by atoms with Gasteiger partial charge < -0.3 is 5.32 Å². The van der Waals surface area contributed by atoms with Gasteiger partial charge in [0.15, 0.2) is 0 Å². The molecule has 0 atom stereocenters. The Labute approximate surface area is 151 Å². The lowest BCUT2D eigenvalue weighted by molar-refractivity contribution is -0.117. The van der Waals surface area contributed by atoms with E-state index in [4.69, 9.17) is 11.6 Å². The molecule has 1 amide bonds. The SMILES string of the molecule is CN(CC(=O)Nc1ccc(Br)cc1Cl)Cc1ccc(Br)cc1. The normalized spacial score (nSPS) is 10.8. The van der Waals surface area contributed by atoms with E-state index < -0.39 is 0 Å². The third-order valence-electron chi connectivity index (χ3n) is 2.98. The van der Waals surface area contributed by atoms with E-state index >= 15 is 0 Å². The molecule has 0 bridgehead atoms. The van der Waals surface area contributed by atoms with Gasteiger partial charge in [0, 0.05) is 15.5 Å². The van der Waals surface area contributed by atoms with Gasteiger partial charge in [0.25, 0.3) is 0 Å². The van der Waals surface area contributed by atoms with E-state index in [9.17, 15) is 4.79 Å². The Kier molecular flexibility index (Phi) is 6.44. The second kappa shape index (κ2) is 8.11. The summed E-state index contributed by atoms with van der Waals surface area (Å²) < 4.78 is 1.92. The zero-order valence-corrected chi connectivity index (χ0v) is 15.9. The third-order valence-corrected chi connectivity index (χ3v) is 4.32. The van der Waals surface area contributed by atoms with Gasteiger partial charge in [0.2, 0.25) is 5.91 Å². The average Bonchev–Trinajstić information content (AvgIpc) is 2.44. The van der Waals surface area contributed by atoms with Gasteiger partial charge in [-0.25, -0.2) is 0 Å². The summed E-state index contributed by atoms with van der Waals surface area (Å²) in [7, 11) is 1.91. The Morgan fingerprint density at radius 1 is 1.14 bits per heavy atom. The zero-order valence-electron chi connectivity index (χ0n) is 11.9. The molecule has 0 heterocycles. The molecule has 0 aromatic heterocycles. The van der Waals surface area contributed by atoms with Gasteiger partial charge in [0.1, 0.15) is 0 Å². The van der Waals surface area contributed by atoms with Crippen LogP contribution in [0.3, 0.4) is 0 Å². The van der Waals surface area contributed by atoms with E-state index in [-0.39, 0.29) is 5.91 Å². The fraction of sp³-hybridized carbons (Fsp3) is 0.188. The summed E-state index contributed by atoms with van der Waals surface area (Å²) in [5.74, 6) is -0.0937. The van der Waals surface area contributed by atoms with Gasteiger partial charge >= 0.3 is 0 Å². The van der Waals surface area contributed by atoms with E-state index in [0.29, 0.717) is 23.8 Å². The van der Waals surface area contributed by atoms with Crippen molar-refractivity contribution < 1.29 is 4.79 Å². The molecule has 2 aromatic carbocycles. The topological polar surface area (TPSA) is 32.3 Å². The van der Waals surface area contributed by atoms with Crippen LogP contribution in [0.2, 0.25) is 5.02 Å². The summed E-state index contributed by atoms with van der Waals surface area (Å²) in [5.41, 5.74) is 1.77. The van der Waals surface area contributed by atoms with E-state index in [1.807, 2.05) is 42.3 Å². The maximum atomic E-state index is 12.1. The lowest BCUT2D eigenvalue weighted by atomic mass is 10.2. The smallest absolute Gasteiger partial charge is 0.238 e. The summed E-state index contributed by atoms with van der Waals surface area (Å²) in [5, 5.41) is 3.33. The first-order valence-corrected chi connectivity index (χ1v) is 8.58. The number of anilines is 1. The Morgan fingerprint density at radius 2 is 1.77 bits per heavy atom. The van der Waals surface area contributed by atoms with Crippen LogP contribution in [0.4, 0.5) is 5.69 Å². The number of rotatable bonds is 5. The molecule has 3 nitrogen and oxygen atoms in total. The predicted octanol–water partition coefficient (Wildman–Crippen LogP) is 4.94. The number of likely N-dealkylation sites (N-methyl/N-ethyl adjacent to an activating group) is 1. The summed E-state index contributed by atoms with van der Waals surface area (Å²) >= 11 is 12.8. The van der Waals surface area contributed by atoms with Gasteiger partial charge in [-0.3, -0.25) is 9.69 Å². The Hall–Kier alpha value is -0.880. The molecule has 2 aromatic rings. The van der Waals surface area contributed by atoms with Gasteiger partial charge in [-0.05, 0) is 42.9 Å². The minimum Gasteiger partial charge on any atom is -0.324 e. The fourth-order valence-corrected chi connectivity index (χ4v) is 2.97. The molecule has 0 aliphatic rings. The summed E-state index contributed by atoms with van der Waals surface area (Å²) in [6.45, 7) is 0.997. The predicted molar refractivity (Wildman–Crippen MR) is 98.3 cm³/mol. The molecule has 0 radical (unpaired) electrons. The van der Waals surface area contributed by atoms with E-state index in [1.165, 1.54) is 0 Å². The first-order valence-electron chi connectivity index (χ1n) is 6.62. The van der Waals surface area contributed by atoms with Crippen molar-refractivity contribution in [2.75, 3.05) is 18.9 Å². The van der Waals surface area contributed by atoms with Crippen LogP contribution in [0.15, 0.2) is 51.4 Å². The van der Waals surface area contributed by atoms with Crippen LogP contribution in [-0.2, 0) is 11.3 Å². The van der Waals surface area contributed by atoms with Crippen molar-refractivity contribution in [1.82, 2.24) is 4.90 Å². The molecule has 22 heavy (non-hydrogen) atoms. The molecule has 6 heteroatoms. The van der Waals surface area contributed by atoms with Gasteiger partial charge in [-0.2, -0.15) is 0 Å². The molecular formula is C16H15Br2ClN2O. The van der Waals surface area contributed by atoms with Gasteiger partial charge in [-0.15, -0.1) is 0 Å². The molecule has 0 unspecified atom stereocenters. The van der Waals surface area contributed by atoms with Crippen LogP contribution >= 0.6 is 43.5 Å². The van der Waals surface area contributed by atoms with Crippen molar-refractivity contribution in [2.45, 2.75) is 6.54 Å². The second-order valence-electron chi connectivity index (χ2n) is 4.97. The summed E-state index contributed by atoms with van der Waals surface area (Å²) in [4.78, 5) is 14.0. The molecule has 116 valence electrons. The van der Waals surface area contributed by atoms with E-state index in [1.54, 1.807) is 12.1 Å². The molecular weight excluding hydrogens is 431 g/mol. The molecule has 0 aliphatic carbocycles. The van der Waals surface area contributed by atoms with E-state index in [2.05, 4.69) is 37.2 Å². The minimum atomic E-state index is -0.0937. The van der Waals surface area contributed by atoms with Crippen molar-refractivity contribution >= 4 is 55.1 Å². The number of nitrogens with zero attached hydrogens (tertiary/aromatic N) is 1. The van der Waals surface area contributed by atoms with Crippen molar-refractivity contribution in [1.29, 1.82) is 0 Å². The molecule has 0 fully saturated rings. The maximum absolute atomic E-state index is 12.1. The molecule has 0 saturated carbocycles. The highest BCUT2D eigenvalue weighted by Gasteiger charge is 2.09. The first kappa shape index (κ1) is 17.5. The minimum absolute atomic E-state index is 0.0937. The number of hydrogen-bond donors (Lipinski definition) is 1. The highest BCUT2D eigenvalue weighted by atomic mass is 79.9. The van der Waals surface area contributed by atoms with Crippen molar-refractivity contribution in [3.05, 3.63) is 62.0 Å². The lowest BCUT2D eigenvalue weighted by Gasteiger charge is -2.17. The van der Waals surface area contributed by atoms with Crippen LogP contribution in [0.25, 0.3) is 0 Å². The third kappa shape index (κ3) is 5.39. The molecule has 0 aliphatic heterocycles. The number of amides is 1. The Balaban J connectivity index is 1.89. The van der Waals surface area contributed by atoms with Crippen molar-refractivity contribution in [3.63, 3.8) is 0 Å². The number of carbonyl (C=O) groups excluding carboxylic acids is 1. The standard InChI is InChI=1S/C16H15Br2ClN2O/c1-21(9-11-2-4-12(17)5-3-11)10-16(22)20-15-7-6-13(18)8-14(15)19/h2-8H,9-10H2,1H3,(H,20,22). The van der Waals surface area contributed by atoms with Crippen molar-refractivity contribution in [3.8, 4) is 0 Å². The second-order valence-corrected chi connectivity index (χ2v) is 7.21. The summed E-state index contributed by atoms with van der Waals surface area (Å²) in [6.07, 6.45) is 0. The van der Waals surface area contributed by atoms with Crippen LogP contribution in [-0.4, -0.2) is 24.4 Å². The number of nitrogens with one attached hydrogen (secondary N) is 1. The lowest BCUT2D eigenvalue weighted by Crippen LogP contribution is -2.29. The largest absolute Gasteiger partial charge is 0.324 e. The van der Waals surface area contributed by atoms with Crippen molar-refractivity contribution in [2.24, 2.45) is 0 Å². The van der Waals surface area contributed by atoms with Crippen LogP contribution in [0.5, 0.6) is 0 Å².